The van der Waals surface area contributed by atoms with Crippen LogP contribution in [0, 0.1) is 5.41 Å². The van der Waals surface area contributed by atoms with Crippen LogP contribution in [0.3, 0.4) is 0 Å². The lowest BCUT2D eigenvalue weighted by atomic mass is 9.91. The van der Waals surface area contributed by atoms with E-state index < -0.39 is 0 Å². The van der Waals surface area contributed by atoms with Gasteiger partial charge in [-0.05, 0) is 18.9 Å². The van der Waals surface area contributed by atoms with Crippen LogP contribution in [0.1, 0.15) is 52.3 Å². The molecule has 3 heteroatoms. The second-order valence-corrected chi connectivity index (χ2v) is 5.18. The zero-order chi connectivity index (χ0) is 11.5. The first-order chi connectivity index (χ1) is 6.92. The molecule has 0 bridgehead atoms. The Bertz CT molecular complexity index is 299. The molecule has 15 heavy (non-hydrogen) atoms. The summed E-state index contributed by atoms with van der Waals surface area (Å²) >= 11 is 0. The Balaban J connectivity index is 2.64. The molecule has 0 amide bonds. The van der Waals surface area contributed by atoms with Gasteiger partial charge in [0.1, 0.15) is 5.76 Å². The van der Waals surface area contributed by atoms with E-state index in [1.165, 1.54) is 0 Å². The summed E-state index contributed by atoms with van der Waals surface area (Å²) in [6.07, 6.45) is 2.77. The monoisotopic (exact) mass is 210 g/mol. The van der Waals surface area contributed by atoms with Crippen molar-refractivity contribution in [3.05, 3.63) is 17.8 Å². The minimum Gasteiger partial charge on any atom is -0.444 e. The highest BCUT2D eigenvalue weighted by Crippen LogP contribution is 2.22. The fourth-order valence-electron chi connectivity index (χ4n) is 1.52. The molecule has 0 aliphatic carbocycles. The summed E-state index contributed by atoms with van der Waals surface area (Å²) in [6, 6.07) is 0.198. The zero-order valence-corrected chi connectivity index (χ0v) is 10.4. The summed E-state index contributed by atoms with van der Waals surface area (Å²) in [5.41, 5.74) is 0.248. The van der Waals surface area contributed by atoms with Crippen molar-refractivity contribution in [1.82, 2.24) is 10.3 Å². The van der Waals surface area contributed by atoms with E-state index in [1.807, 2.05) is 6.20 Å². The Hall–Kier alpha value is -0.830. The van der Waals surface area contributed by atoms with Crippen molar-refractivity contribution < 1.29 is 4.42 Å². The largest absolute Gasteiger partial charge is 0.444 e. The maximum atomic E-state index is 5.70. The van der Waals surface area contributed by atoms with E-state index in [1.54, 1.807) is 0 Å². The van der Waals surface area contributed by atoms with Gasteiger partial charge in [-0.25, -0.2) is 4.98 Å². The lowest BCUT2D eigenvalue weighted by Crippen LogP contribution is -2.17. The van der Waals surface area contributed by atoms with E-state index in [9.17, 15) is 0 Å². The summed E-state index contributed by atoms with van der Waals surface area (Å²) in [7, 11) is 0. The van der Waals surface area contributed by atoms with Gasteiger partial charge in [0, 0.05) is 6.42 Å². The molecule has 1 unspecified atom stereocenters. The third kappa shape index (κ3) is 4.04. The first-order valence-electron chi connectivity index (χ1n) is 5.60. The van der Waals surface area contributed by atoms with Crippen LogP contribution in [0.25, 0.3) is 0 Å². The van der Waals surface area contributed by atoms with Gasteiger partial charge in [-0.2, -0.15) is 0 Å². The third-order valence-electron chi connectivity index (χ3n) is 2.16. The SMILES string of the molecule is CCNC(C)c1ncc(CC(C)(C)C)o1. The average molecular weight is 210 g/mol. The highest BCUT2D eigenvalue weighted by Gasteiger charge is 2.16. The molecule has 1 N–H and O–H groups in total. The highest BCUT2D eigenvalue weighted by atomic mass is 16.4. The van der Waals surface area contributed by atoms with Crippen LogP contribution < -0.4 is 5.32 Å². The zero-order valence-electron chi connectivity index (χ0n) is 10.4. The summed E-state index contributed by atoms with van der Waals surface area (Å²) < 4.78 is 5.70. The fraction of sp³-hybridized carbons (Fsp3) is 0.750. The number of oxazole rings is 1. The highest BCUT2D eigenvalue weighted by molar-refractivity contribution is 4.99. The number of hydrogen-bond acceptors (Lipinski definition) is 3. The number of hydrogen-bond donors (Lipinski definition) is 1. The Morgan fingerprint density at radius 2 is 2.13 bits per heavy atom. The Kier molecular flexibility index (Phi) is 3.91. The molecule has 3 nitrogen and oxygen atoms in total. The molecule has 0 spiro atoms. The normalized spacial score (nSPS) is 14.2. The predicted octanol–water partition coefficient (Wildman–Crippen LogP) is 2.93. The summed E-state index contributed by atoms with van der Waals surface area (Å²) in [5, 5.41) is 3.28. The number of rotatable bonds is 4. The van der Waals surface area contributed by atoms with E-state index in [2.05, 4.69) is 44.9 Å². The maximum Gasteiger partial charge on any atom is 0.211 e. The summed E-state index contributed by atoms with van der Waals surface area (Å²) in [5.74, 6) is 1.76. The van der Waals surface area contributed by atoms with Crippen molar-refractivity contribution in [2.24, 2.45) is 5.41 Å². The maximum absolute atomic E-state index is 5.70. The third-order valence-corrected chi connectivity index (χ3v) is 2.16. The van der Waals surface area contributed by atoms with Crippen molar-refractivity contribution in [3.63, 3.8) is 0 Å². The van der Waals surface area contributed by atoms with Gasteiger partial charge < -0.3 is 9.73 Å². The van der Waals surface area contributed by atoms with Crippen LogP contribution >= 0.6 is 0 Å². The Labute approximate surface area is 92.3 Å². The molecule has 0 radical (unpaired) electrons. The molecule has 0 saturated carbocycles. The second-order valence-electron chi connectivity index (χ2n) is 5.18. The quantitative estimate of drug-likeness (QED) is 0.830. The van der Waals surface area contributed by atoms with Crippen LogP contribution in [-0.2, 0) is 6.42 Å². The van der Waals surface area contributed by atoms with Gasteiger partial charge in [-0.15, -0.1) is 0 Å². The van der Waals surface area contributed by atoms with Gasteiger partial charge in [0.25, 0.3) is 0 Å². The number of nitrogens with zero attached hydrogens (tertiary/aromatic N) is 1. The van der Waals surface area contributed by atoms with Crippen molar-refractivity contribution in [1.29, 1.82) is 0 Å². The molecule has 86 valence electrons. The van der Waals surface area contributed by atoms with Crippen LogP contribution in [0.4, 0.5) is 0 Å². The van der Waals surface area contributed by atoms with Gasteiger partial charge in [0.15, 0.2) is 0 Å². The van der Waals surface area contributed by atoms with Crippen molar-refractivity contribution in [2.75, 3.05) is 6.54 Å². The van der Waals surface area contributed by atoms with E-state index in [-0.39, 0.29) is 11.5 Å². The topological polar surface area (TPSA) is 38.1 Å². The standard InChI is InChI=1S/C12H22N2O/c1-6-13-9(2)11-14-8-10(15-11)7-12(3,4)5/h8-9,13H,6-7H2,1-5H3. The molecule has 0 aliphatic heterocycles. The minimum atomic E-state index is 0.198. The first kappa shape index (κ1) is 12.2. The molecule has 0 aliphatic rings. The minimum absolute atomic E-state index is 0.198. The number of nitrogens with one attached hydrogen (secondary N) is 1. The van der Waals surface area contributed by atoms with Crippen LogP contribution in [0.15, 0.2) is 10.6 Å². The van der Waals surface area contributed by atoms with Crippen LogP contribution in [-0.4, -0.2) is 11.5 Å². The second kappa shape index (κ2) is 4.79. The Morgan fingerprint density at radius 1 is 1.47 bits per heavy atom. The molecule has 0 saturated heterocycles. The van der Waals surface area contributed by atoms with Crippen molar-refractivity contribution in [2.45, 2.75) is 47.1 Å². The van der Waals surface area contributed by atoms with Crippen LogP contribution in [0.2, 0.25) is 0 Å². The van der Waals surface area contributed by atoms with Gasteiger partial charge in [-0.1, -0.05) is 27.7 Å². The molecular formula is C12H22N2O. The van der Waals surface area contributed by atoms with E-state index >= 15 is 0 Å². The number of aromatic nitrogens is 1. The molecule has 1 atom stereocenters. The molecule has 1 rings (SSSR count). The van der Waals surface area contributed by atoms with E-state index in [4.69, 9.17) is 4.42 Å². The molecule has 1 aromatic heterocycles. The summed E-state index contributed by atoms with van der Waals surface area (Å²) in [4.78, 5) is 4.29. The fourth-order valence-corrected chi connectivity index (χ4v) is 1.52. The first-order valence-corrected chi connectivity index (χ1v) is 5.60. The van der Waals surface area contributed by atoms with Gasteiger partial charge in [0.05, 0.1) is 12.2 Å². The molecule has 1 heterocycles. The molecule has 1 aromatic rings. The lowest BCUT2D eigenvalue weighted by molar-refractivity contribution is 0.338. The van der Waals surface area contributed by atoms with Gasteiger partial charge in [-0.3, -0.25) is 0 Å². The van der Waals surface area contributed by atoms with Crippen molar-refractivity contribution in [3.8, 4) is 0 Å². The average Bonchev–Trinajstić information content (AvgIpc) is 2.50. The van der Waals surface area contributed by atoms with E-state index in [0.717, 1.165) is 24.6 Å². The van der Waals surface area contributed by atoms with Gasteiger partial charge >= 0.3 is 0 Å². The predicted molar refractivity (Wildman–Crippen MR) is 61.8 cm³/mol. The smallest absolute Gasteiger partial charge is 0.211 e. The molecule has 0 fully saturated rings. The van der Waals surface area contributed by atoms with Gasteiger partial charge in [0.2, 0.25) is 5.89 Å². The van der Waals surface area contributed by atoms with E-state index in [0.29, 0.717) is 0 Å². The van der Waals surface area contributed by atoms with Crippen molar-refractivity contribution >= 4 is 0 Å². The molecule has 0 aromatic carbocycles. The molecular weight excluding hydrogens is 188 g/mol. The Morgan fingerprint density at radius 3 is 2.67 bits per heavy atom. The summed E-state index contributed by atoms with van der Waals surface area (Å²) in [6.45, 7) is 11.7. The van der Waals surface area contributed by atoms with Crippen LogP contribution in [0.5, 0.6) is 0 Å². The lowest BCUT2D eigenvalue weighted by Gasteiger charge is -2.15.